The maximum Gasteiger partial charge on any atom is 0.352 e. The maximum atomic E-state index is 15.6. The molecular formula is C30H28FN5O3. The molecular weight excluding hydrogens is 497 g/mol. The van der Waals surface area contributed by atoms with Crippen molar-refractivity contribution in [2.24, 2.45) is 0 Å². The van der Waals surface area contributed by atoms with Crippen LogP contribution in [0.5, 0.6) is 0 Å². The number of pyridine rings is 2. The number of ether oxygens (including phenoxy) is 1. The van der Waals surface area contributed by atoms with Crippen LogP contribution in [0.15, 0.2) is 83.0 Å². The van der Waals surface area contributed by atoms with Gasteiger partial charge in [-0.2, -0.15) is 4.68 Å². The van der Waals surface area contributed by atoms with Gasteiger partial charge in [0.2, 0.25) is 0 Å². The summed E-state index contributed by atoms with van der Waals surface area (Å²) in [4.78, 5) is 31.2. The Balaban J connectivity index is 1.61. The molecule has 0 aliphatic carbocycles. The third kappa shape index (κ3) is 4.84. The summed E-state index contributed by atoms with van der Waals surface area (Å²) in [5.74, 6) is -0.788. The number of nitrogens with zero attached hydrogens (tertiary/aromatic N) is 5. The number of hydrogen-bond acceptors (Lipinski definition) is 5. The lowest BCUT2D eigenvalue weighted by Crippen LogP contribution is -2.26. The molecule has 39 heavy (non-hydrogen) atoms. The molecule has 0 atom stereocenters. The first-order chi connectivity index (χ1) is 18.8. The summed E-state index contributed by atoms with van der Waals surface area (Å²) in [5, 5.41) is 4.44. The van der Waals surface area contributed by atoms with Crippen LogP contribution in [-0.2, 0) is 24.5 Å². The predicted molar refractivity (Wildman–Crippen MR) is 149 cm³/mol. The van der Waals surface area contributed by atoms with Crippen molar-refractivity contribution in [1.29, 1.82) is 0 Å². The molecule has 3 aromatic heterocycles. The van der Waals surface area contributed by atoms with Gasteiger partial charge in [0.15, 0.2) is 17.5 Å². The Labute approximate surface area is 224 Å². The van der Waals surface area contributed by atoms with Crippen molar-refractivity contribution in [3.63, 3.8) is 0 Å². The first-order valence-electron chi connectivity index (χ1n) is 12.6. The van der Waals surface area contributed by atoms with Crippen molar-refractivity contribution in [2.45, 2.75) is 40.5 Å². The van der Waals surface area contributed by atoms with Gasteiger partial charge < -0.3 is 4.74 Å². The minimum atomic E-state index is -0.839. The van der Waals surface area contributed by atoms with Crippen LogP contribution >= 0.6 is 0 Å². The number of allylic oxidation sites excluding steroid dienone is 1. The quantitative estimate of drug-likeness (QED) is 0.286. The molecule has 0 fully saturated rings. The molecule has 0 saturated carbocycles. The Morgan fingerprint density at radius 1 is 1.05 bits per heavy atom. The van der Waals surface area contributed by atoms with E-state index in [-0.39, 0.29) is 23.3 Å². The fraction of sp³-hybridized carbons (Fsp3) is 0.200. The molecule has 8 nitrogen and oxygen atoms in total. The zero-order valence-corrected chi connectivity index (χ0v) is 22.0. The molecule has 5 aromatic rings. The number of aromatic nitrogens is 5. The van der Waals surface area contributed by atoms with E-state index in [4.69, 9.17) is 4.74 Å². The normalized spacial score (nSPS) is 11.3. The lowest BCUT2D eigenvalue weighted by Gasteiger charge is -2.14. The van der Waals surface area contributed by atoms with Gasteiger partial charge in [0.25, 0.3) is 5.56 Å². The Morgan fingerprint density at radius 2 is 1.77 bits per heavy atom. The van der Waals surface area contributed by atoms with Gasteiger partial charge in [-0.3, -0.25) is 13.9 Å². The second kappa shape index (κ2) is 10.6. The van der Waals surface area contributed by atoms with Crippen LogP contribution in [0, 0.1) is 12.7 Å². The van der Waals surface area contributed by atoms with E-state index in [0.717, 1.165) is 21.9 Å². The van der Waals surface area contributed by atoms with E-state index in [1.54, 1.807) is 20.0 Å². The van der Waals surface area contributed by atoms with Crippen LogP contribution in [0.1, 0.15) is 36.4 Å². The number of para-hydroxylation sites is 1. The molecule has 0 saturated heterocycles. The average molecular weight is 526 g/mol. The summed E-state index contributed by atoms with van der Waals surface area (Å²) in [6.07, 6.45) is 1.65. The van der Waals surface area contributed by atoms with Crippen molar-refractivity contribution in [3.8, 4) is 11.5 Å². The summed E-state index contributed by atoms with van der Waals surface area (Å²) in [7, 11) is 0. The largest absolute Gasteiger partial charge is 0.369 e. The van der Waals surface area contributed by atoms with Crippen LogP contribution in [0.2, 0.25) is 0 Å². The van der Waals surface area contributed by atoms with Crippen molar-refractivity contribution >= 4 is 16.5 Å². The van der Waals surface area contributed by atoms with Crippen LogP contribution < -0.4 is 11.2 Å². The highest BCUT2D eigenvalue weighted by atomic mass is 19.1. The smallest absolute Gasteiger partial charge is 0.352 e. The fourth-order valence-electron chi connectivity index (χ4n) is 4.53. The van der Waals surface area contributed by atoms with E-state index in [9.17, 15) is 9.59 Å². The number of hydrogen-bond donors (Lipinski definition) is 0. The van der Waals surface area contributed by atoms with Gasteiger partial charge in [0.05, 0.1) is 23.2 Å². The number of benzene rings is 2. The first-order valence-corrected chi connectivity index (χ1v) is 12.6. The van der Waals surface area contributed by atoms with E-state index < -0.39 is 17.1 Å². The third-order valence-corrected chi connectivity index (χ3v) is 6.55. The molecule has 0 aliphatic rings. The van der Waals surface area contributed by atoms with Crippen molar-refractivity contribution in [1.82, 2.24) is 23.9 Å². The lowest BCUT2D eigenvalue weighted by atomic mass is 10.1. The SMILES string of the molecule is C=C(C)c1cn(-c2ccccc2C)c(=O)c2cc(F)c(-n3nc(COCc4ccccc4)n(CC)c3=O)nc12. The monoisotopic (exact) mass is 525 g/mol. The van der Waals surface area contributed by atoms with E-state index in [1.807, 2.05) is 61.5 Å². The minimum absolute atomic E-state index is 0.0539. The van der Waals surface area contributed by atoms with Crippen LogP contribution in [0.25, 0.3) is 28.0 Å². The van der Waals surface area contributed by atoms with Crippen molar-refractivity contribution in [3.05, 3.63) is 123 Å². The topological polar surface area (TPSA) is 83.9 Å². The predicted octanol–water partition coefficient (Wildman–Crippen LogP) is 4.95. The van der Waals surface area contributed by atoms with Gasteiger partial charge in [0, 0.05) is 18.3 Å². The average Bonchev–Trinajstić information content (AvgIpc) is 3.24. The molecule has 2 aromatic carbocycles. The van der Waals surface area contributed by atoms with E-state index in [2.05, 4.69) is 16.7 Å². The van der Waals surface area contributed by atoms with Gasteiger partial charge >= 0.3 is 5.69 Å². The molecule has 0 unspecified atom stereocenters. The molecule has 0 N–H and O–H groups in total. The molecule has 5 rings (SSSR count). The highest BCUT2D eigenvalue weighted by Crippen LogP contribution is 2.25. The summed E-state index contributed by atoms with van der Waals surface area (Å²) in [6.45, 7) is 10.2. The summed E-state index contributed by atoms with van der Waals surface area (Å²) in [5.41, 5.74) is 3.00. The Morgan fingerprint density at radius 3 is 2.46 bits per heavy atom. The van der Waals surface area contributed by atoms with Gasteiger partial charge in [0.1, 0.15) is 6.61 Å². The van der Waals surface area contributed by atoms with E-state index in [1.165, 1.54) is 9.13 Å². The lowest BCUT2D eigenvalue weighted by molar-refractivity contribution is 0.0989. The fourth-order valence-corrected chi connectivity index (χ4v) is 4.53. The third-order valence-electron chi connectivity index (χ3n) is 6.55. The van der Waals surface area contributed by atoms with E-state index in [0.29, 0.717) is 35.8 Å². The highest BCUT2D eigenvalue weighted by molar-refractivity contribution is 5.90. The van der Waals surface area contributed by atoms with Gasteiger partial charge in [-0.25, -0.2) is 14.2 Å². The number of aryl methyl sites for hydroxylation is 1. The van der Waals surface area contributed by atoms with Crippen LogP contribution in [-0.4, -0.2) is 23.9 Å². The Hall–Kier alpha value is -4.63. The van der Waals surface area contributed by atoms with Crippen LogP contribution in [0.4, 0.5) is 4.39 Å². The standard InChI is InChI=1S/C30H28FN5O3/c1-5-34-26(18-39-17-21-12-7-6-8-13-21)33-36(30(34)38)28-24(31)15-22-27(32-28)23(19(2)3)16-35(29(22)37)25-14-10-9-11-20(25)4/h6-16H,2,5,17-18H2,1,3-4H3. The minimum Gasteiger partial charge on any atom is -0.369 e. The van der Waals surface area contributed by atoms with E-state index >= 15 is 4.39 Å². The molecule has 0 radical (unpaired) electrons. The second-order valence-corrected chi connectivity index (χ2v) is 9.31. The van der Waals surface area contributed by atoms with Crippen molar-refractivity contribution < 1.29 is 9.13 Å². The zero-order chi connectivity index (χ0) is 27.7. The molecule has 0 amide bonds. The number of rotatable bonds is 8. The van der Waals surface area contributed by atoms with Gasteiger partial charge in [-0.15, -0.1) is 5.10 Å². The maximum absolute atomic E-state index is 15.6. The summed E-state index contributed by atoms with van der Waals surface area (Å²) < 4.78 is 25.1. The first kappa shape index (κ1) is 26.0. The highest BCUT2D eigenvalue weighted by Gasteiger charge is 2.21. The van der Waals surface area contributed by atoms with Crippen molar-refractivity contribution in [2.75, 3.05) is 0 Å². The molecule has 0 bridgehead atoms. The Bertz CT molecular complexity index is 1820. The Kier molecular flexibility index (Phi) is 7.08. The van der Waals surface area contributed by atoms with Gasteiger partial charge in [-0.1, -0.05) is 55.1 Å². The van der Waals surface area contributed by atoms with Crippen LogP contribution in [0.3, 0.4) is 0 Å². The molecule has 0 aliphatic heterocycles. The number of fused-ring (bicyclic) bond motifs is 1. The second-order valence-electron chi connectivity index (χ2n) is 9.31. The zero-order valence-electron chi connectivity index (χ0n) is 22.0. The molecule has 3 heterocycles. The van der Waals surface area contributed by atoms with Gasteiger partial charge in [-0.05, 0) is 49.6 Å². The summed E-state index contributed by atoms with van der Waals surface area (Å²) in [6, 6.07) is 18.2. The molecule has 0 spiro atoms. The number of halogens is 1. The molecule has 198 valence electrons. The summed E-state index contributed by atoms with van der Waals surface area (Å²) >= 11 is 0. The molecule has 9 heteroatoms.